The number of piperidine rings is 1. The van der Waals surface area contributed by atoms with Gasteiger partial charge >= 0.3 is 0 Å². The summed E-state index contributed by atoms with van der Waals surface area (Å²) in [5.41, 5.74) is 0.572. The molecule has 1 N–H and O–H groups in total. The van der Waals surface area contributed by atoms with E-state index in [4.69, 9.17) is 11.6 Å². The molecule has 1 saturated heterocycles. The maximum atomic E-state index is 13.0. The summed E-state index contributed by atoms with van der Waals surface area (Å²) in [6, 6.07) is 13.1. The van der Waals surface area contributed by atoms with E-state index in [1.165, 1.54) is 16.4 Å². The lowest BCUT2D eigenvalue weighted by atomic mass is 9.93. The first-order valence-corrected chi connectivity index (χ1v) is 12.2. The van der Waals surface area contributed by atoms with Crippen molar-refractivity contribution in [3.63, 3.8) is 0 Å². The second kappa shape index (κ2) is 9.97. The van der Waals surface area contributed by atoms with E-state index in [0.29, 0.717) is 12.8 Å². The molecule has 1 aliphatic rings. The Labute approximate surface area is 192 Å². The molecular weight excluding hydrogens is 454 g/mol. The van der Waals surface area contributed by atoms with Crippen LogP contribution in [0.25, 0.3) is 0 Å². The fourth-order valence-corrected chi connectivity index (χ4v) is 5.54. The zero-order chi connectivity index (χ0) is 23.5. The van der Waals surface area contributed by atoms with Gasteiger partial charge in [-0.3, -0.25) is 14.9 Å². The quantitative estimate of drug-likeness (QED) is 0.473. The van der Waals surface area contributed by atoms with Crippen molar-refractivity contribution in [2.24, 2.45) is 11.8 Å². The zero-order valence-corrected chi connectivity index (χ0v) is 19.5. The van der Waals surface area contributed by atoms with Gasteiger partial charge in [0, 0.05) is 25.1 Å². The van der Waals surface area contributed by atoms with E-state index in [9.17, 15) is 23.3 Å². The Morgan fingerprint density at radius 2 is 1.78 bits per heavy atom. The third-order valence-electron chi connectivity index (χ3n) is 5.70. The summed E-state index contributed by atoms with van der Waals surface area (Å²) < 4.78 is 27.2. The van der Waals surface area contributed by atoms with Gasteiger partial charge in [-0.1, -0.05) is 55.8 Å². The van der Waals surface area contributed by atoms with Crippen molar-refractivity contribution in [1.29, 1.82) is 0 Å². The predicted molar refractivity (Wildman–Crippen MR) is 122 cm³/mol. The van der Waals surface area contributed by atoms with Crippen LogP contribution in [0.3, 0.4) is 0 Å². The van der Waals surface area contributed by atoms with Gasteiger partial charge in [-0.05, 0) is 36.5 Å². The topological polar surface area (TPSA) is 110 Å². The van der Waals surface area contributed by atoms with Gasteiger partial charge in [-0.2, -0.15) is 4.31 Å². The van der Waals surface area contributed by atoms with E-state index in [1.807, 2.05) is 44.2 Å². The highest BCUT2D eigenvalue weighted by molar-refractivity contribution is 7.89. The molecule has 1 heterocycles. The first-order chi connectivity index (χ1) is 15.1. The molecular formula is C22H26ClN3O5S. The van der Waals surface area contributed by atoms with Crippen LogP contribution in [-0.4, -0.2) is 36.6 Å². The molecule has 10 heteroatoms. The fraction of sp³-hybridized carbons (Fsp3) is 0.409. The average molecular weight is 480 g/mol. The Hall–Kier alpha value is -2.49. The molecule has 32 heavy (non-hydrogen) atoms. The number of nitrogens with one attached hydrogen (secondary N) is 1. The Kier molecular flexibility index (Phi) is 7.53. The van der Waals surface area contributed by atoms with Crippen LogP contribution < -0.4 is 5.32 Å². The highest BCUT2D eigenvalue weighted by Gasteiger charge is 2.34. The minimum absolute atomic E-state index is 0.0910. The molecule has 1 atom stereocenters. The van der Waals surface area contributed by atoms with E-state index in [2.05, 4.69) is 5.32 Å². The molecule has 3 rings (SSSR count). The molecule has 2 aromatic rings. The number of rotatable bonds is 7. The SMILES string of the molecule is CC(C)C(NC(=O)C1CCN(S(=O)(=O)c2ccc(Cl)c([N+](=O)[O-])c2)CC1)c1ccccc1. The maximum Gasteiger partial charge on any atom is 0.289 e. The second-order valence-corrected chi connectivity index (χ2v) is 10.5. The molecule has 1 unspecified atom stereocenters. The lowest BCUT2D eigenvalue weighted by Crippen LogP contribution is -2.44. The zero-order valence-electron chi connectivity index (χ0n) is 17.9. The van der Waals surface area contributed by atoms with Crippen LogP contribution in [0, 0.1) is 22.0 Å². The van der Waals surface area contributed by atoms with E-state index >= 15 is 0 Å². The summed E-state index contributed by atoms with van der Waals surface area (Å²) in [4.78, 5) is 23.1. The minimum atomic E-state index is -3.92. The van der Waals surface area contributed by atoms with Crippen LogP contribution in [0.1, 0.15) is 38.3 Å². The fourth-order valence-electron chi connectivity index (χ4n) is 3.87. The summed E-state index contributed by atoms with van der Waals surface area (Å²) in [6.45, 7) is 4.40. The lowest BCUT2D eigenvalue weighted by molar-refractivity contribution is -0.384. The first kappa shape index (κ1) is 24.2. The number of nitrogens with zero attached hydrogens (tertiary/aromatic N) is 2. The predicted octanol–water partition coefficient (Wildman–Crippen LogP) is 4.16. The number of amides is 1. The summed E-state index contributed by atoms with van der Waals surface area (Å²) in [6.07, 6.45) is 0.751. The van der Waals surface area contributed by atoms with Crippen LogP contribution in [-0.2, 0) is 14.8 Å². The largest absolute Gasteiger partial charge is 0.349 e. The van der Waals surface area contributed by atoms with Gasteiger partial charge in [-0.25, -0.2) is 8.42 Å². The average Bonchev–Trinajstić information content (AvgIpc) is 2.77. The van der Waals surface area contributed by atoms with Gasteiger partial charge in [0.2, 0.25) is 15.9 Å². The third kappa shape index (κ3) is 5.28. The normalized spacial score (nSPS) is 16.6. The number of carbonyl (C=O) groups is 1. The van der Waals surface area contributed by atoms with Crippen LogP contribution in [0.2, 0.25) is 5.02 Å². The molecule has 0 aliphatic carbocycles. The Morgan fingerprint density at radius 1 is 1.16 bits per heavy atom. The number of hydrogen-bond donors (Lipinski definition) is 1. The molecule has 0 spiro atoms. The van der Waals surface area contributed by atoms with E-state index < -0.39 is 20.6 Å². The summed E-state index contributed by atoms with van der Waals surface area (Å²) in [7, 11) is -3.92. The number of sulfonamides is 1. The molecule has 2 aromatic carbocycles. The molecule has 0 saturated carbocycles. The van der Waals surface area contributed by atoms with Crippen molar-refractivity contribution in [2.75, 3.05) is 13.1 Å². The first-order valence-electron chi connectivity index (χ1n) is 10.4. The Morgan fingerprint density at radius 3 is 2.34 bits per heavy atom. The van der Waals surface area contributed by atoms with Gasteiger partial charge in [0.05, 0.1) is 15.9 Å². The Bertz CT molecular complexity index is 1080. The summed E-state index contributed by atoms with van der Waals surface area (Å²) in [5.74, 6) is -0.194. The smallest absolute Gasteiger partial charge is 0.289 e. The van der Waals surface area contributed by atoms with Gasteiger partial charge in [0.25, 0.3) is 5.69 Å². The van der Waals surface area contributed by atoms with Gasteiger partial charge in [-0.15, -0.1) is 0 Å². The molecule has 0 bridgehead atoms. The molecule has 172 valence electrons. The van der Waals surface area contributed by atoms with Crippen molar-refractivity contribution in [3.05, 3.63) is 69.2 Å². The van der Waals surface area contributed by atoms with Gasteiger partial charge < -0.3 is 5.32 Å². The second-order valence-electron chi connectivity index (χ2n) is 8.19. The van der Waals surface area contributed by atoms with Gasteiger partial charge in [0.15, 0.2) is 0 Å². The number of hydrogen-bond acceptors (Lipinski definition) is 5. The number of benzene rings is 2. The highest BCUT2D eigenvalue weighted by Crippen LogP contribution is 2.31. The van der Waals surface area contributed by atoms with Gasteiger partial charge in [0.1, 0.15) is 5.02 Å². The van der Waals surface area contributed by atoms with Crippen LogP contribution in [0.4, 0.5) is 5.69 Å². The van der Waals surface area contributed by atoms with Crippen molar-refractivity contribution in [3.8, 4) is 0 Å². The molecule has 1 amide bonds. The number of halogens is 1. The Balaban J connectivity index is 1.67. The number of nitro groups is 1. The van der Waals surface area contributed by atoms with E-state index in [-0.39, 0.29) is 46.8 Å². The van der Waals surface area contributed by atoms with Crippen molar-refractivity contribution in [1.82, 2.24) is 9.62 Å². The lowest BCUT2D eigenvalue weighted by Gasteiger charge is -2.32. The maximum absolute atomic E-state index is 13.0. The highest BCUT2D eigenvalue weighted by atomic mass is 35.5. The standard InChI is InChI=1S/C22H26ClN3O5S/c1-15(2)21(16-6-4-3-5-7-16)24-22(27)17-10-12-25(13-11-17)32(30,31)18-8-9-19(23)20(14-18)26(28)29/h3-9,14-15,17,21H,10-13H2,1-2H3,(H,24,27). The molecule has 8 nitrogen and oxygen atoms in total. The van der Waals surface area contributed by atoms with Crippen LogP contribution in [0.15, 0.2) is 53.4 Å². The molecule has 0 radical (unpaired) electrons. The molecule has 1 fully saturated rings. The van der Waals surface area contributed by atoms with Crippen molar-refractivity contribution >= 4 is 33.2 Å². The van der Waals surface area contributed by atoms with Crippen molar-refractivity contribution in [2.45, 2.75) is 37.6 Å². The van der Waals surface area contributed by atoms with E-state index in [1.54, 1.807) is 0 Å². The minimum Gasteiger partial charge on any atom is -0.349 e. The summed E-state index contributed by atoms with van der Waals surface area (Å²) >= 11 is 5.79. The molecule has 0 aromatic heterocycles. The van der Waals surface area contributed by atoms with E-state index in [0.717, 1.165) is 11.6 Å². The number of carbonyl (C=O) groups excluding carboxylic acids is 1. The monoisotopic (exact) mass is 479 g/mol. The van der Waals surface area contributed by atoms with Crippen LogP contribution in [0.5, 0.6) is 0 Å². The number of nitro benzene ring substituents is 1. The third-order valence-corrected chi connectivity index (χ3v) is 7.91. The van der Waals surface area contributed by atoms with Crippen LogP contribution >= 0.6 is 11.6 Å². The van der Waals surface area contributed by atoms with Crippen molar-refractivity contribution < 1.29 is 18.1 Å². The molecule has 1 aliphatic heterocycles. The summed E-state index contributed by atoms with van der Waals surface area (Å²) in [5, 5.41) is 14.1.